The molecule has 1 aromatic rings. The lowest BCUT2D eigenvalue weighted by Gasteiger charge is -2.14. The summed E-state index contributed by atoms with van der Waals surface area (Å²) >= 11 is 0. The smallest absolute Gasteiger partial charge is 0.205 e. The van der Waals surface area contributed by atoms with Crippen LogP contribution in [0.2, 0.25) is 0 Å². The van der Waals surface area contributed by atoms with Crippen LogP contribution in [0.4, 0.5) is 0 Å². The first kappa shape index (κ1) is 20.1. The van der Waals surface area contributed by atoms with Crippen LogP contribution in [0.25, 0.3) is 5.57 Å². The fourth-order valence-electron chi connectivity index (χ4n) is 3.95. The zero-order valence-electron chi connectivity index (χ0n) is 17.3. The largest absolute Gasteiger partial charge is 0.507 e. The molecule has 7 nitrogen and oxygen atoms in total. The van der Waals surface area contributed by atoms with E-state index in [1.807, 2.05) is 27.2 Å². The van der Waals surface area contributed by atoms with E-state index in [-0.39, 0.29) is 23.0 Å². The van der Waals surface area contributed by atoms with Gasteiger partial charge in [0.25, 0.3) is 0 Å². The third-order valence-electron chi connectivity index (χ3n) is 5.41. The maximum Gasteiger partial charge on any atom is 0.205 e. The second-order valence-electron chi connectivity index (χ2n) is 7.74. The van der Waals surface area contributed by atoms with Gasteiger partial charge >= 0.3 is 0 Å². The Labute approximate surface area is 174 Å². The average Bonchev–Trinajstić information content (AvgIpc) is 3.27. The fraction of sp³-hybridized carbons (Fsp3) is 0.304. The number of carbonyl (C=O) groups is 2. The number of nitrogens with one attached hydrogen (secondary N) is 1. The summed E-state index contributed by atoms with van der Waals surface area (Å²) in [5.74, 6) is -0.305. The van der Waals surface area contributed by atoms with Gasteiger partial charge in [-0.1, -0.05) is 6.07 Å². The van der Waals surface area contributed by atoms with Crippen molar-refractivity contribution in [2.45, 2.75) is 12.8 Å². The van der Waals surface area contributed by atoms with Gasteiger partial charge in [-0.05, 0) is 76.0 Å². The highest BCUT2D eigenvalue weighted by Gasteiger charge is 2.36. The number of fused-ring (bicyclic) bond motifs is 2. The minimum absolute atomic E-state index is 0.168. The van der Waals surface area contributed by atoms with E-state index in [0.717, 1.165) is 17.7 Å². The second kappa shape index (κ2) is 7.93. The molecule has 30 heavy (non-hydrogen) atoms. The standard InChI is InChI=1S/C23H24N4O3/c1-24-11-9-13-20-17(29)7-8-18(30)23(20)26-22(13)21-14(10-12-27(2)3)19-15(25-21)5-4-6-16(19)28/h4-8,24,28H,9-12H2,1-3H3. The van der Waals surface area contributed by atoms with Crippen LogP contribution in [0.3, 0.4) is 0 Å². The van der Waals surface area contributed by atoms with Gasteiger partial charge < -0.3 is 15.3 Å². The maximum atomic E-state index is 12.6. The number of phenolic OH excluding ortho intramolecular Hbond substituents is 1. The van der Waals surface area contributed by atoms with Crippen molar-refractivity contribution in [3.63, 3.8) is 0 Å². The third-order valence-corrected chi connectivity index (χ3v) is 5.41. The number of rotatable bonds is 6. The lowest BCUT2D eigenvalue weighted by atomic mass is 9.91. The molecule has 4 rings (SSSR count). The zero-order valence-corrected chi connectivity index (χ0v) is 17.3. The Kier molecular flexibility index (Phi) is 5.32. The van der Waals surface area contributed by atoms with Crippen molar-refractivity contribution in [1.82, 2.24) is 10.2 Å². The molecule has 1 aromatic carbocycles. The summed E-state index contributed by atoms with van der Waals surface area (Å²) in [5, 5.41) is 15.0. The predicted octanol–water partition coefficient (Wildman–Crippen LogP) is 0.408. The summed E-state index contributed by atoms with van der Waals surface area (Å²) in [6.07, 6.45) is 3.78. The first-order chi connectivity index (χ1) is 14.4. The Balaban J connectivity index is 1.98. The van der Waals surface area contributed by atoms with E-state index in [0.29, 0.717) is 46.9 Å². The van der Waals surface area contributed by atoms with Gasteiger partial charge in [0.1, 0.15) is 11.5 Å². The molecule has 2 N–H and O–H groups in total. The molecule has 3 aliphatic rings. The molecule has 1 aliphatic carbocycles. The van der Waals surface area contributed by atoms with Crippen LogP contribution in [0, 0.1) is 0 Å². The van der Waals surface area contributed by atoms with E-state index in [1.54, 1.807) is 12.1 Å². The van der Waals surface area contributed by atoms with E-state index in [4.69, 9.17) is 4.99 Å². The number of carbonyl (C=O) groups excluding carboxylic acids is 2. The van der Waals surface area contributed by atoms with Gasteiger partial charge in [0, 0.05) is 11.8 Å². The molecular weight excluding hydrogens is 380 g/mol. The summed E-state index contributed by atoms with van der Waals surface area (Å²) in [7, 11) is 5.81. The van der Waals surface area contributed by atoms with Gasteiger partial charge in [0.05, 0.1) is 22.3 Å². The SMILES string of the molecule is CNCCC1=C2C(=O)C=CC(=O)C2=NC1=C1N=c2cccc(O)c2=C1CCN(C)C. The first-order valence-electron chi connectivity index (χ1n) is 9.95. The molecule has 0 aromatic heterocycles. The van der Waals surface area contributed by atoms with Crippen molar-refractivity contribution >= 4 is 22.9 Å². The van der Waals surface area contributed by atoms with Gasteiger partial charge in [-0.15, -0.1) is 0 Å². The maximum absolute atomic E-state index is 12.6. The van der Waals surface area contributed by atoms with E-state index in [9.17, 15) is 14.7 Å². The number of ketones is 2. The minimum Gasteiger partial charge on any atom is -0.507 e. The molecule has 2 aliphatic heterocycles. The lowest BCUT2D eigenvalue weighted by molar-refractivity contribution is -0.113. The number of aromatic hydroxyl groups is 1. The summed E-state index contributed by atoms with van der Waals surface area (Å²) in [4.78, 5) is 36.5. The van der Waals surface area contributed by atoms with Crippen LogP contribution < -0.4 is 15.9 Å². The molecule has 0 saturated carbocycles. The summed E-state index contributed by atoms with van der Waals surface area (Å²) < 4.78 is 0. The van der Waals surface area contributed by atoms with Crippen molar-refractivity contribution < 1.29 is 14.7 Å². The predicted molar refractivity (Wildman–Crippen MR) is 115 cm³/mol. The Morgan fingerprint density at radius 1 is 1.00 bits per heavy atom. The molecule has 0 atom stereocenters. The number of nitrogens with zero attached hydrogens (tertiary/aromatic N) is 3. The second-order valence-corrected chi connectivity index (χ2v) is 7.74. The molecular formula is C23H24N4O3. The molecule has 0 radical (unpaired) electrons. The zero-order chi connectivity index (χ0) is 21.4. The topological polar surface area (TPSA) is 94.4 Å². The molecule has 0 fully saturated rings. The Morgan fingerprint density at radius 2 is 1.73 bits per heavy atom. The minimum atomic E-state index is -0.268. The monoisotopic (exact) mass is 404 g/mol. The summed E-state index contributed by atoms with van der Waals surface area (Å²) in [6, 6.07) is 5.26. The number of phenols is 1. The van der Waals surface area contributed by atoms with Crippen LogP contribution in [0.5, 0.6) is 5.75 Å². The van der Waals surface area contributed by atoms with Gasteiger partial charge in [0.2, 0.25) is 5.78 Å². The van der Waals surface area contributed by atoms with Crippen molar-refractivity contribution in [1.29, 1.82) is 0 Å². The fourth-order valence-corrected chi connectivity index (χ4v) is 3.95. The van der Waals surface area contributed by atoms with E-state index < -0.39 is 0 Å². The highest BCUT2D eigenvalue weighted by Crippen LogP contribution is 2.37. The highest BCUT2D eigenvalue weighted by atomic mass is 16.3. The third kappa shape index (κ3) is 3.36. The Bertz CT molecular complexity index is 1200. The quantitative estimate of drug-likeness (QED) is 0.716. The summed E-state index contributed by atoms with van der Waals surface area (Å²) in [6.45, 7) is 1.39. The van der Waals surface area contributed by atoms with Gasteiger partial charge in [-0.25, -0.2) is 9.98 Å². The Morgan fingerprint density at radius 3 is 2.47 bits per heavy atom. The number of hydrogen-bond acceptors (Lipinski definition) is 7. The first-order valence-corrected chi connectivity index (χ1v) is 9.95. The molecule has 7 heteroatoms. The molecule has 0 saturated heterocycles. The van der Waals surface area contributed by atoms with Crippen molar-refractivity contribution in [2.24, 2.45) is 9.98 Å². The lowest BCUT2D eigenvalue weighted by Crippen LogP contribution is -2.24. The average molecular weight is 404 g/mol. The molecule has 154 valence electrons. The van der Waals surface area contributed by atoms with E-state index in [2.05, 4.69) is 15.2 Å². The van der Waals surface area contributed by atoms with E-state index in [1.165, 1.54) is 12.2 Å². The van der Waals surface area contributed by atoms with Crippen LogP contribution in [-0.2, 0) is 9.59 Å². The summed E-state index contributed by atoms with van der Waals surface area (Å²) in [5.41, 5.74) is 3.38. The number of aliphatic imine (C=N–C) groups is 1. The van der Waals surface area contributed by atoms with Crippen LogP contribution in [-0.4, -0.2) is 61.5 Å². The van der Waals surface area contributed by atoms with E-state index >= 15 is 0 Å². The van der Waals surface area contributed by atoms with Crippen LogP contribution >= 0.6 is 0 Å². The molecule has 2 heterocycles. The van der Waals surface area contributed by atoms with Crippen molar-refractivity contribution in [3.8, 4) is 5.75 Å². The van der Waals surface area contributed by atoms with Crippen LogP contribution in [0.15, 0.2) is 62.9 Å². The van der Waals surface area contributed by atoms with Crippen LogP contribution in [0.1, 0.15) is 12.8 Å². The van der Waals surface area contributed by atoms with Crippen molar-refractivity contribution in [2.75, 3.05) is 34.2 Å². The number of allylic oxidation sites excluding steroid dienone is 5. The normalized spacial score (nSPS) is 20.1. The van der Waals surface area contributed by atoms with Gasteiger partial charge in [0.15, 0.2) is 5.78 Å². The number of hydrogen-bond donors (Lipinski definition) is 2. The van der Waals surface area contributed by atoms with Gasteiger partial charge in [-0.2, -0.15) is 0 Å². The Hall–Kier alpha value is -3.16. The molecule has 0 bridgehead atoms. The number of benzene rings is 1. The highest BCUT2D eigenvalue weighted by molar-refractivity contribution is 6.59. The molecule has 0 unspecified atom stereocenters. The molecule has 0 amide bonds. The van der Waals surface area contributed by atoms with Gasteiger partial charge in [-0.3, -0.25) is 9.59 Å². The van der Waals surface area contributed by atoms with Crippen molar-refractivity contribution in [3.05, 3.63) is 63.5 Å². The molecule has 0 spiro atoms.